The summed E-state index contributed by atoms with van der Waals surface area (Å²) in [6.07, 6.45) is 3.69. The maximum Gasteiger partial charge on any atom is 0.0425 e. The topological polar surface area (TPSA) is 17.1 Å². The summed E-state index contributed by atoms with van der Waals surface area (Å²) in [6, 6.07) is 10.1. The maximum atomic E-state index is 12.0. The number of hydrogen-bond donors (Lipinski definition) is 1. The lowest BCUT2D eigenvalue weighted by atomic mass is 10.0. The molecule has 0 N–H and O–H groups in total. The van der Waals surface area contributed by atoms with Crippen LogP contribution in [0.2, 0.25) is 0 Å². The van der Waals surface area contributed by atoms with Crippen molar-refractivity contribution in [2.24, 2.45) is 0 Å². The van der Waals surface area contributed by atoms with E-state index in [1.165, 1.54) is 0 Å². The number of thiol groups is 1. The smallest absolute Gasteiger partial charge is 0.0425 e. The molecule has 0 amide bonds. The first kappa shape index (κ1) is 10.5. The summed E-state index contributed by atoms with van der Waals surface area (Å²) in [4.78, 5) is 0. The van der Waals surface area contributed by atoms with Crippen molar-refractivity contribution in [3.05, 3.63) is 35.9 Å². The molecule has 0 aromatic heterocycles. The van der Waals surface area contributed by atoms with Gasteiger partial charge in [0.2, 0.25) is 0 Å². The second-order valence-corrected chi connectivity index (χ2v) is 8.10. The van der Waals surface area contributed by atoms with Crippen molar-refractivity contribution in [3.63, 3.8) is 0 Å². The molecule has 13 heavy (non-hydrogen) atoms. The highest BCUT2D eigenvalue weighted by molar-refractivity contribution is 8.02. The van der Waals surface area contributed by atoms with Crippen molar-refractivity contribution in [3.8, 4) is 0 Å². The molecule has 1 aromatic rings. The van der Waals surface area contributed by atoms with Crippen molar-refractivity contribution in [1.29, 1.82) is 0 Å². The minimum Gasteiger partial charge on any atom is -0.284 e. The van der Waals surface area contributed by atoms with E-state index in [0.717, 1.165) is 5.56 Å². The average molecular weight is 198 g/mol. The van der Waals surface area contributed by atoms with Crippen LogP contribution < -0.4 is 0 Å². The lowest BCUT2D eigenvalue weighted by molar-refractivity contribution is 0.635. The van der Waals surface area contributed by atoms with Gasteiger partial charge in [-0.25, -0.2) is 0 Å². The Bertz CT molecular complexity index is 321. The lowest BCUT2D eigenvalue weighted by Gasteiger charge is -2.34. The van der Waals surface area contributed by atoms with Crippen LogP contribution in [-0.2, 0) is 14.7 Å². The molecule has 0 heterocycles. The van der Waals surface area contributed by atoms with Crippen LogP contribution in [-0.4, -0.2) is 16.7 Å². The molecule has 0 radical (unpaired) electrons. The predicted molar refractivity (Wildman–Crippen MR) is 60.9 cm³/mol. The van der Waals surface area contributed by atoms with Crippen LogP contribution in [0.1, 0.15) is 19.4 Å². The van der Waals surface area contributed by atoms with E-state index in [0.29, 0.717) is 0 Å². The monoisotopic (exact) mass is 198 g/mol. The predicted octanol–water partition coefficient (Wildman–Crippen LogP) is 2.20. The van der Waals surface area contributed by atoms with Gasteiger partial charge in [0.1, 0.15) is 0 Å². The summed E-state index contributed by atoms with van der Waals surface area (Å²) in [5, 5.41) is 0. The van der Waals surface area contributed by atoms with Gasteiger partial charge in [0.05, 0.1) is 0 Å². The quantitative estimate of drug-likeness (QED) is 0.721. The third kappa shape index (κ3) is 1.99. The molecule has 0 unspecified atom stereocenters. The summed E-state index contributed by atoms with van der Waals surface area (Å²) in [5.74, 6) is 0. The van der Waals surface area contributed by atoms with Crippen LogP contribution in [0.25, 0.3) is 0 Å². The molecule has 1 nitrogen and oxygen atoms in total. The minimum atomic E-state index is -2.09. The number of rotatable bonds is 2. The Morgan fingerprint density at radius 3 is 1.92 bits per heavy atom. The van der Waals surface area contributed by atoms with Crippen LogP contribution in [0.15, 0.2) is 30.3 Å². The van der Waals surface area contributed by atoms with E-state index in [4.69, 9.17) is 0 Å². The SMILES string of the molecule is CC(C)(c1ccccc1)[SH](C)(C)=O. The van der Waals surface area contributed by atoms with Gasteiger partial charge in [0, 0.05) is 4.75 Å². The zero-order valence-electron chi connectivity index (χ0n) is 8.74. The molecular weight excluding hydrogens is 180 g/mol. The third-order valence-electron chi connectivity index (χ3n) is 2.83. The Labute approximate surface area is 81.6 Å². The fraction of sp³-hybridized carbons (Fsp3) is 0.455. The molecule has 0 fully saturated rings. The van der Waals surface area contributed by atoms with Gasteiger partial charge in [-0.05, 0) is 31.9 Å². The first-order chi connectivity index (χ1) is 5.86. The average Bonchev–Trinajstić information content (AvgIpc) is 2.04. The fourth-order valence-corrected chi connectivity index (χ4v) is 1.93. The Morgan fingerprint density at radius 2 is 1.54 bits per heavy atom. The van der Waals surface area contributed by atoms with Gasteiger partial charge in [-0.15, -0.1) is 9.93 Å². The highest BCUT2D eigenvalue weighted by Gasteiger charge is 2.28. The van der Waals surface area contributed by atoms with Gasteiger partial charge >= 0.3 is 0 Å². The van der Waals surface area contributed by atoms with Gasteiger partial charge < -0.3 is 0 Å². The highest BCUT2D eigenvalue weighted by Crippen LogP contribution is 2.31. The first-order valence-corrected chi connectivity index (χ1v) is 7.06. The van der Waals surface area contributed by atoms with Crippen molar-refractivity contribution in [2.75, 3.05) is 12.5 Å². The molecule has 74 valence electrons. The van der Waals surface area contributed by atoms with Gasteiger partial charge in [-0.1, -0.05) is 30.3 Å². The largest absolute Gasteiger partial charge is 0.284 e. The van der Waals surface area contributed by atoms with Gasteiger partial charge in [0.25, 0.3) is 0 Å². The van der Waals surface area contributed by atoms with Gasteiger partial charge in [-0.3, -0.25) is 4.21 Å². The molecule has 2 heteroatoms. The van der Waals surface area contributed by atoms with E-state index >= 15 is 0 Å². The Kier molecular flexibility index (Phi) is 2.62. The molecule has 0 saturated heterocycles. The minimum absolute atomic E-state index is 0.214. The van der Waals surface area contributed by atoms with Crippen LogP contribution >= 0.6 is 0 Å². The van der Waals surface area contributed by atoms with Crippen molar-refractivity contribution >= 4 is 9.93 Å². The van der Waals surface area contributed by atoms with Crippen molar-refractivity contribution in [2.45, 2.75) is 18.6 Å². The second kappa shape index (κ2) is 3.26. The molecule has 1 aromatic carbocycles. The molecule has 0 aliphatic carbocycles. The van der Waals surface area contributed by atoms with Crippen LogP contribution in [0.5, 0.6) is 0 Å². The molecule has 1 rings (SSSR count). The Hall–Kier alpha value is -0.630. The Balaban J connectivity index is 3.16. The molecule has 0 aliphatic heterocycles. The van der Waals surface area contributed by atoms with E-state index < -0.39 is 9.93 Å². The third-order valence-corrected chi connectivity index (χ3v) is 5.78. The zero-order valence-corrected chi connectivity index (χ0v) is 9.64. The van der Waals surface area contributed by atoms with E-state index in [-0.39, 0.29) is 4.75 Å². The number of hydrogen-bond acceptors (Lipinski definition) is 1. The van der Waals surface area contributed by atoms with Gasteiger partial charge in [-0.2, -0.15) is 0 Å². The van der Waals surface area contributed by atoms with E-state index in [9.17, 15) is 4.21 Å². The van der Waals surface area contributed by atoms with Crippen LogP contribution in [0, 0.1) is 0 Å². The van der Waals surface area contributed by atoms with Crippen LogP contribution in [0.4, 0.5) is 0 Å². The summed E-state index contributed by atoms with van der Waals surface area (Å²) >= 11 is 0. The summed E-state index contributed by atoms with van der Waals surface area (Å²) < 4.78 is 11.8. The summed E-state index contributed by atoms with van der Waals surface area (Å²) in [6.45, 7) is 4.09. The van der Waals surface area contributed by atoms with Crippen LogP contribution in [0.3, 0.4) is 0 Å². The van der Waals surface area contributed by atoms with E-state index in [1.807, 2.05) is 56.7 Å². The molecule has 0 aliphatic rings. The Morgan fingerprint density at radius 1 is 1.08 bits per heavy atom. The summed E-state index contributed by atoms with van der Waals surface area (Å²) in [5.41, 5.74) is 1.16. The molecule has 0 bridgehead atoms. The first-order valence-electron chi connectivity index (χ1n) is 4.46. The van der Waals surface area contributed by atoms with Gasteiger partial charge in [0.15, 0.2) is 0 Å². The maximum absolute atomic E-state index is 12.0. The summed E-state index contributed by atoms with van der Waals surface area (Å²) in [7, 11) is -2.09. The molecule has 0 atom stereocenters. The van der Waals surface area contributed by atoms with E-state index in [2.05, 4.69) is 0 Å². The highest BCUT2D eigenvalue weighted by atomic mass is 32.2. The normalized spacial score (nSPS) is 14.2. The van der Waals surface area contributed by atoms with E-state index in [1.54, 1.807) is 0 Å². The zero-order chi connectivity index (χ0) is 10.1. The molecule has 0 spiro atoms. The second-order valence-electron chi connectivity index (χ2n) is 4.28. The molecular formula is C11H18OS. The van der Waals surface area contributed by atoms with Crippen molar-refractivity contribution in [1.82, 2.24) is 0 Å². The van der Waals surface area contributed by atoms with Crippen molar-refractivity contribution < 1.29 is 4.21 Å². The number of benzene rings is 1. The molecule has 0 saturated carbocycles. The standard InChI is InChI=1S/C11H18OS/c1-11(2,13(3,4)12)10-8-6-5-7-9-10/h5-9,13H,1-4H3. The lowest BCUT2D eigenvalue weighted by Crippen LogP contribution is -2.33. The fourth-order valence-electron chi connectivity index (χ4n) is 1.16.